The van der Waals surface area contributed by atoms with Crippen molar-refractivity contribution in [3.63, 3.8) is 0 Å². The van der Waals surface area contributed by atoms with E-state index in [0.29, 0.717) is 0 Å². The van der Waals surface area contributed by atoms with Crippen LogP contribution in [0.2, 0.25) is 0 Å². The van der Waals surface area contributed by atoms with Gasteiger partial charge in [-0.1, -0.05) is 0 Å². The van der Waals surface area contributed by atoms with Gasteiger partial charge in [0.15, 0.2) is 5.82 Å². The molecule has 0 radical (unpaired) electrons. The molecule has 0 unspecified atom stereocenters. The minimum absolute atomic E-state index is 0.748. The van der Waals surface area contributed by atoms with Crippen molar-refractivity contribution >= 4 is 27.2 Å². The van der Waals surface area contributed by atoms with E-state index in [1.807, 2.05) is 47.5 Å². The first-order valence-corrected chi connectivity index (χ1v) is 12.6. The van der Waals surface area contributed by atoms with E-state index >= 15 is 0 Å². The Kier molecular flexibility index (Phi) is 6.00. The molecule has 8 nitrogen and oxygen atoms in total. The first-order chi connectivity index (χ1) is 16.7. The average molecular weight is 477 g/mol. The van der Waals surface area contributed by atoms with Crippen LogP contribution in [-0.2, 0) is 16.0 Å². The molecule has 0 saturated carbocycles. The van der Waals surface area contributed by atoms with Gasteiger partial charge >= 0.3 is 0 Å². The number of thiophene rings is 1. The molecule has 0 aromatic carbocycles. The summed E-state index contributed by atoms with van der Waals surface area (Å²) in [5.41, 5.74) is 5.21. The van der Waals surface area contributed by atoms with E-state index < -0.39 is 0 Å². The summed E-state index contributed by atoms with van der Waals surface area (Å²) in [6.45, 7) is 9.78. The highest BCUT2D eigenvalue weighted by molar-refractivity contribution is 7.19. The van der Waals surface area contributed by atoms with Gasteiger partial charge in [0.25, 0.3) is 0 Å². The molecule has 4 aromatic heterocycles. The lowest BCUT2D eigenvalue weighted by Gasteiger charge is -2.29. The number of fused-ring (bicyclic) bond motifs is 1. The maximum absolute atomic E-state index is 5.62. The van der Waals surface area contributed by atoms with Gasteiger partial charge in [-0.25, -0.2) is 9.67 Å². The molecule has 9 heteroatoms. The predicted octanol–water partition coefficient (Wildman–Crippen LogP) is 3.52. The molecular formula is C25H28N6O2S. The Morgan fingerprint density at radius 1 is 0.971 bits per heavy atom. The van der Waals surface area contributed by atoms with Gasteiger partial charge in [0.2, 0.25) is 0 Å². The van der Waals surface area contributed by atoms with Gasteiger partial charge in [0.1, 0.15) is 0 Å². The number of hydrogen-bond acceptors (Lipinski definition) is 8. The van der Waals surface area contributed by atoms with Gasteiger partial charge < -0.3 is 14.4 Å². The van der Waals surface area contributed by atoms with Gasteiger partial charge in [-0.05, 0) is 31.2 Å². The monoisotopic (exact) mass is 476 g/mol. The molecular weight excluding hydrogens is 448 g/mol. The fourth-order valence-corrected chi connectivity index (χ4v) is 5.75. The van der Waals surface area contributed by atoms with Crippen LogP contribution in [0.1, 0.15) is 10.6 Å². The second-order valence-electron chi connectivity index (χ2n) is 8.75. The van der Waals surface area contributed by atoms with Gasteiger partial charge in [-0.3, -0.25) is 9.88 Å². The van der Waals surface area contributed by atoms with Crippen LogP contribution in [0.15, 0.2) is 42.7 Å². The third-order valence-electron chi connectivity index (χ3n) is 6.35. The molecule has 0 N–H and O–H groups in total. The number of rotatable bonds is 5. The van der Waals surface area contributed by atoms with E-state index in [1.165, 1.54) is 15.3 Å². The molecule has 0 bridgehead atoms. The highest BCUT2D eigenvalue weighted by Gasteiger charge is 2.20. The molecule has 6 rings (SSSR count). The van der Waals surface area contributed by atoms with Crippen LogP contribution in [-0.4, -0.2) is 77.3 Å². The van der Waals surface area contributed by atoms with Crippen molar-refractivity contribution in [2.24, 2.45) is 0 Å². The number of anilines is 1. The van der Waals surface area contributed by atoms with E-state index in [0.717, 1.165) is 87.4 Å². The minimum atomic E-state index is 0.748. The Hall–Kier alpha value is -2.85. The van der Waals surface area contributed by atoms with Crippen molar-refractivity contribution in [2.75, 3.05) is 57.5 Å². The van der Waals surface area contributed by atoms with E-state index in [-0.39, 0.29) is 0 Å². The summed E-state index contributed by atoms with van der Waals surface area (Å²) in [4.78, 5) is 15.6. The summed E-state index contributed by atoms with van der Waals surface area (Å²) in [5, 5.41) is 4.85. The van der Waals surface area contributed by atoms with Crippen LogP contribution in [0, 0.1) is 6.92 Å². The Bertz CT molecular complexity index is 1290. The van der Waals surface area contributed by atoms with Crippen LogP contribution in [0.3, 0.4) is 0 Å². The third-order valence-corrected chi connectivity index (χ3v) is 7.48. The highest BCUT2D eigenvalue weighted by atomic mass is 32.1. The van der Waals surface area contributed by atoms with Crippen molar-refractivity contribution in [1.29, 1.82) is 0 Å². The van der Waals surface area contributed by atoms with Crippen LogP contribution in [0.25, 0.3) is 27.3 Å². The summed E-state index contributed by atoms with van der Waals surface area (Å²) in [5.74, 6) is 0.835. The normalized spacial score (nSPS) is 17.5. The molecule has 4 aromatic rings. The number of ether oxygens (including phenoxy) is 2. The van der Waals surface area contributed by atoms with Crippen LogP contribution >= 0.6 is 11.3 Å². The van der Waals surface area contributed by atoms with E-state index in [9.17, 15) is 0 Å². The zero-order valence-corrected chi connectivity index (χ0v) is 20.1. The number of aromatic nitrogens is 4. The summed E-state index contributed by atoms with van der Waals surface area (Å²) in [6.07, 6.45) is 3.81. The second-order valence-corrected chi connectivity index (χ2v) is 9.88. The number of morpholine rings is 2. The second kappa shape index (κ2) is 9.42. The van der Waals surface area contributed by atoms with E-state index in [2.05, 4.69) is 33.0 Å². The smallest absolute Gasteiger partial charge is 0.156 e. The zero-order valence-electron chi connectivity index (χ0n) is 19.3. The molecule has 2 aliphatic rings. The first kappa shape index (κ1) is 21.7. The minimum Gasteiger partial charge on any atom is -0.379 e. The molecule has 2 saturated heterocycles. The lowest BCUT2D eigenvalue weighted by Crippen LogP contribution is -2.36. The quantitative estimate of drug-likeness (QED) is 0.437. The Morgan fingerprint density at radius 3 is 2.56 bits per heavy atom. The molecule has 176 valence electrons. The largest absolute Gasteiger partial charge is 0.379 e. The standard InChI is InChI=1S/C25H28N6O2S/c1-18-14-19(2-4-26-18)21-3-5-31(28-21)24-16-23(30-8-12-33-13-9-30)25-22(27-24)15-20(34-25)17-29-6-10-32-11-7-29/h2-5,14-16H,6-13,17H2,1H3. The summed E-state index contributed by atoms with van der Waals surface area (Å²) in [7, 11) is 0. The zero-order chi connectivity index (χ0) is 22.9. The molecule has 34 heavy (non-hydrogen) atoms. The molecule has 0 atom stereocenters. The number of aryl methyl sites for hydroxylation is 1. The molecule has 0 spiro atoms. The first-order valence-electron chi connectivity index (χ1n) is 11.8. The summed E-state index contributed by atoms with van der Waals surface area (Å²) >= 11 is 1.85. The Morgan fingerprint density at radius 2 is 1.76 bits per heavy atom. The van der Waals surface area contributed by atoms with Crippen molar-refractivity contribution < 1.29 is 9.47 Å². The van der Waals surface area contributed by atoms with Crippen molar-refractivity contribution in [3.8, 4) is 17.1 Å². The third kappa shape index (κ3) is 4.44. The lowest BCUT2D eigenvalue weighted by atomic mass is 10.2. The highest BCUT2D eigenvalue weighted by Crippen LogP contribution is 2.36. The molecule has 0 aliphatic carbocycles. The van der Waals surface area contributed by atoms with Crippen molar-refractivity contribution in [2.45, 2.75) is 13.5 Å². The average Bonchev–Trinajstić information content (AvgIpc) is 3.52. The molecule has 6 heterocycles. The van der Waals surface area contributed by atoms with Gasteiger partial charge in [0, 0.05) is 67.3 Å². The number of pyridine rings is 2. The fraction of sp³-hybridized carbons (Fsp3) is 0.400. The Balaban J connectivity index is 1.38. The molecule has 2 aliphatic heterocycles. The lowest BCUT2D eigenvalue weighted by molar-refractivity contribution is 0.0346. The summed E-state index contributed by atoms with van der Waals surface area (Å²) in [6, 6.07) is 10.5. The topological polar surface area (TPSA) is 68.5 Å². The van der Waals surface area contributed by atoms with Crippen molar-refractivity contribution in [1.82, 2.24) is 24.6 Å². The summed E-state index contributed by atoms with van der Waals surface area (Å²) < 4.78 is 14.3. The number of nitrogens with zero attached hydrogens (tertiary/aromatic N) is 6. The maximum atomic E-state index is 5.62. The van der Waals surface area contributed by atoms with E-state index in [4.69, 9.17) is 19.6 Å². The van der Waals surface area contributed by atoms with Crippen LogP contribution in [0.5, 0.6) is 0 Å². The maximum Gasteiger partial charge on any atom is 0.156 e. The predicted molar refractivity (Wildman–Crippen MR) is 134 cm³/mol. The molecule has 0 amide bonds. The van der Waals surface area contributed by atoms with Crippen LogP contribution < -0.4 is 4.90 Å². The van der Waals surface area contributed by atoms with Crippen molar-refractivity contribution in [3.05, 3.63) is 53.3 Å². The van der Waals surface area contributed by atoms with Gasteiger partial charge in [0.05, 0.1) is 48.0 Å². The van der Waals surface area contributed by atoms with Gasteiger partial charge in [-0.2, -0.15) is 5.10 Å². The Labute approximate surface area is 202 Å². The van der Waals surface area contributed by atoms with Crippen LogP contribution in [0.4, 0.5) is 5.69 Å². The SMILES string of the molecule is Cc1cc(-c2ccn(-c3cc(N4CCOCC4)c4sc(CN5CCOCC5)cc4n3)n2)ccn1. The fourth-order valence-electron chi connectivity index (χ4n) is 4.57. The van der Waals surface area contributed by atoms with Gasteiger partial charge in [-0.15, -0.1) is 11.3 Å². The molecule has 2 fully saturated rings. The number of hydrogen-bond donors (Lipinski definition) is 0. The van der Waals surface area contributed by atoms with E-state index in [1.54, 1.807) is 0 Å².